The number of amides is 1. The smallest absolute Gasteiger partial charge is 0.252 e. The molecule has 3 nitrogen and oxygen atoms in total. The average molecular weight is 243 g/mol. The van der Waals surface area contributed by atoms with Gasteiger partial charge in [-0.2, -0.15) is 0 Å². The van der Waals surface area contributed by atoms with Crippen LogP contribution in [0.3, 0.4) is 0 Å². The van der Waals surface area contributed by atoms with Crippen LogP contribution in [0.25, 0.3) is 0 Å². The lowest BCUT2D eigenvalue weighted by atomic mass is 9.84. The maximum Gasteiger partial charge on any atom is 0.252 e. The molecule has 0 rings (SSSR count). The first-order chi connectivity index (χ1) is 7.63. The lowest BCUT2D eigenvalue weighted by Crippen LogP contribution is -2.52. The van der Waals surface area contributed by atoms with Crippen LogP contribution in [0.1, 0.15) is 60.8 Å². The molecule has 0 aliphatic carbocycles. The van der Waals surface area contributed by atoms with Crippen molar-refractivity contribution in [2.24, 2.45) is 11.3 Å². The predicted octanol–water partition coefficient (Wildman–Crippen LogP) is 2.73. The van der Waals surface area contributed by atoms with Gasteiger partial charge >= 0.3 is 0 Å². The first kappa shape index (κ1) is 16.4. The van der Waals surface area contributed by atoms with E-state index in [1.54, 1.807) is 0 Å². The summed E-state index contributed by atoms with van der Waals surface area (Å²) >= 11 is 0. The Morgan fingerprint density at radius 3 is 2.18 bits per heavy atom. The van der Waals surface area contributed by atoms with Gasteiger partial charge in [0, 0.05) is 6.54 Å². The average Bonchev–Trinajstić information content (AvgIpc) is 2.21. The molecule has 0 spiro atoms. The summed E-state index contributed by atoms with van der Waals surface area (Å²) in [4.78, 5) is 12.1. The molecule has 0 aromatic carbocycles. The van der Waals surface area contributed by atoms with E-state index in [2.05, 4.69) is 33.0 Å². The number of carbonyl (C=O) groups is 1. The topological polar surface area (TPSA) is 49.3 Å². The minimum absolute atomic E-state index is 0.0400. The molecule has 0 radical (unpaired) electrons. The molecule has 0 saturated heterocycles. The molecule has 0 heterocycles. The molecule has 0 aromatic heterocycles. The molecule has 2 N–H and O–H groups in total. The summed E-state index contributed by atoms with van der Waals surface area (Å²) in [6, 6.07) is 0. The van der Waals surface area contributed by atoms with Gasteiger partial charge in [-0.15, -0.1) is 0 Å². The van der Waals surface area contributed by atoms with Gasteiger partial charge in [0.1, 0.15) is 5.60 Å². The molecular weight excluding hydrogens is 214 g/mol. The summed E-state index contributed by atoms with van der Waals surface area (Å²) in [7, 11) is 0. The fourth-order valence-electron chi connectivity index (χ4n) is 1.61. The van der Waals surface area contributed by atoms with Gasteiger partial charge in [-0.3, -0.25) is 4.79 Å². The van der Waals surface area contributed by atoms with Crippen molar-refractivity contribution in [3.63, 3.8) is 0 Å². The normalized spacial score (nSPS) is 15.8. The highest BCUT2D eigenvalue weighted by Gasteiger charge is 2.38. The summed E-state index contributed by atoms with van der Waals surface area (Å²) in [5.74, 6) is -0.287. The Labute approximate surface area is 106 Å². The maximum absolute atomic E-state index is 12.1. The van der Waals surface area contributed by atoms with E-state index in [1.807, 2.05) is 13.8 Å². The van der Waals surface area contributed by atoms with Crippen molar-refractivity contribution in [2.45, 2.75) is 66.4 Å². The molecule has 0 bridgehead atoms. The first-order valence-electron chi connectivity index (χ1n) is 6.64. The molecule has 1 atom stereocenters. The van der Waals surface area contributed by atoms with Crippen LogP contribution >= 0.6 is 0 Å². The Bertz CT molecular complexity index is 243. The second kappa shape index (κ2) is 6.39. The number of nitrogens with one attached hydrogen (secondary N) is 1. The Hall–Kier alpha value is -0.570. The van der Waals surface area contributed by atoms with Crippen LogP contribution in [-0.4, -0.2) is 23.2 Å². The maximum atomic E-state index is 12.1. The van der Waals surface area contributed by atoms with Crippen LogP contribution in [0.2, 0.25) is 0 Å². The lowest BCUT2D eigenvalue weighted by Gasteiger charge is -2.32. The molecular formula is C14H29NO2. The number of unbranched alkanes of at least 4 members (excludes halogenated alkanes) is 1. The Morgan fingerprint density at radius 1 is 1.29 bits per heavy atom. The van der Waals surface area contributed by atoms with Gasteiger partial charge in [0.15, 0.2) is 0 Å². The molecule has 0 aromatic rings. The van der Waals surface area contributed by atoms with Gasteiger partial charge in [0.2, 0.25) is 0 Å². The number of aliphatic hydroxyl groups is 1. The fourth-order valence-corrected chi connectivity index (χ4v) is 1.61. The zero-order valence-electron chi connectivity index (χ0n) is 12.3. The van der Waals surface area contributed by atoms with E-state index in [0.29, 0.717) is 13.0 Å². The van der Waals surface area contributed by atoms with Crippen LogP contribution < -0.4 is 5.32 Å². The zero-order valence-corrected chi connectivity index (χ0v) is 12.3. The van der Waals surface area contributed by atoms with Gasteiger partial charge in [0.25, 0.3) is 5.91 Å². The third kappa shape index (κ3) is 5.53. The predicted molar refractivity (Wildman–Crippen MR) is 71.8 cm³/mol. The van der Waals surface area contributed by atoms with E-state index in [9.17, 15) is 9.90 Å². The van der Waals surface area contributed by atoms with Crippen molar-refractivity contribution >= 4 is 5.91 Å². The van der Waals surface area contributed by atoms with Crippen molar-refractivity contribution in [3.05, 3.63) is 0 Å². The summed E-state index contributed by atoms with van der Waals surface area (Å²) < 4.78 is 0. The molecule has 1 unspecified atom stereocenters. The van der Waals surface area contributed by atoms with Crippen molar-refractivity contribution in [2.75, 3.05) is 6.54 Å². The quantitative estimate of drug-likeness (QED) is 0.753. The van der Waals surface area contributed by atoms with Crippen LogP contribution in [0.5, 0.6) is 0 Å². The van der Waals surface area contributed by atoms with E-state index in [1.165, 1.54) is 0 Å². The monoisotopic (exact) mass is 243 g/mol. The van der Waals surface area contributed by atoms with E-state index in [-0.39, 0.29) is 17.2 Å². The van der Waals surface area contributed by atoms with Crippen molar-refractivity contribution in [1.82, 2.24) is 5.32 Å². The lowest BCUT2D eigenvalue weighted by molar-refractivity contribution is -0.146. The zero-order chi connectivity index (χ0) is 13.7. The summed E-state index contributed by atoms with van der Waals surface area (Å²) in [5.41, 5.74) is -1.18. The third-order valence-corrected chi connectivity index (χ3v) is 3.04. The Morgan fingerprint density at radius 2 is 1.82 bits per heavy atom. The summed E-state index contributed by atoms with van der Waals surface area (Å²) in [5, 5.41) is 13.3. The minimum atomic E-state index is -1.22. The number of carbonyl (C=O) groups excluding carboxylic acids is 1. The van der Waals surface area contributed by atoms with Gasteiger partial charge < -0.3 is 10.4 Å². The molecule has 0 fully saturated rings. The van der Waals surface area contributed by atoms with E-state index in [4.69, 9.17) is 0 Å². The number of rotatable bonds is 6. The largest absolute Gasteiger partial charge is 0.380 e. The number of hydrogen-bond donors (Lipinski definition) is 2. The summed E-state index contributed by atoms with van der Waals surface area (Å²) in [6.07, 6.45) is 2.40. The molecule has 1 amide bonds. The SMILES string of the molecule is CCCCC(O)(C(=O)NCC(C)(C)C)C(C)C. The second-order valence-corrected chi connectivity index (χ2v) is 6.43. The highest BCUT2D eigenvalue weighted by molar-refractivity contribution is 5.85. The molecule has 17 heavy (non-hydrogen) atoms. The highest BCUT2D eigenvalue weighted by Crippen LogP contribution is 2.24. The van der Waals surface area contributed by atoms with Crippen LogP contribution in [0.15, 0.2) is 0 Å². The van der Waals surface area contributed by atoms with Crippen LogP contribution in [0, 0.1) is 11.3 Å². The minimum Gasteiger partial charge on any atom is -0.380 e. The molecule has 102 valence electrons. The molecule has 0 aliphatic heterocycles. The van der Waals surface area contributed by atoms with Gasteiger partial charge in [-0.25, -0.2) is 0 Å². The summed E-state index contributed by atoms with van der Waals surface area (Å²) in [6.45, 7) is 12.6. The van der Waals surface area contributed by atoms with Crippen molar-refractivity contribution in [1.29, 1.82) is 0 Å². The third-order valence-electron chi connectivity index (χ3n) is 3.04. The Balaban J connectivity index is 4.54. The van der Waals surface area contributed by atoms with Crippen LogP contribution in [0.4, 0.5) is 0 Å². The Kier molecular flexibility index (Phi) is 6.17. The molecule has 3 heteroatoms. The first-order valence-corrected chi connectivity index (χ1v) is 6.64. The van der Waals surface area contributed by atoms with Crippen LogP contribution in [-0.2, 0) is 4.79 Å². The molecule has 0 aliphatic rings. The standard InChI is InChI=1S/C14H29NO2/c1-7-8-9-14(17,11(2)3)12(16)15-10-13(4,5)6/h11,17H,7-10H2,1-6H3,(H,15,16). The van der Waals surface area contributed by atoms with Crippen molar-refractivity contribution < 1.29 is 9.90 Å². The van der Waals surface area contributed by atoms with Gasteiger partial charge in [0.05, 0.1) is 0 Å². The van der Waals surface area contributed by atoms with E-state index < -0.39 is 5.60 Å². The van der Waals surface area contributed by atoms with E-state index >= 15 is 0 Å². The highest BCUT2D eigenvalue weighted by atomic mass is 16.3. The second-order valence-electron chi connectivity index (χ2n) is 6.43. The van der Waals surface area contributed by atoms with Gasteiger partial charge in [-0.05, 0) is 17.8 Å². The fraction of sp³-hybridized carbons (Fsp3) is 0.929. The van der Waals surface area contributed by atoms with E-state index in [0.717, 1.165) is 12.8 Å². The van der Waals surface area contributed by atoms with Crippen molar-refractivity contribution in [3.8, 4) is 0 Å². The number of hydrogen-bond acceptors (Lipinski definition) is 2. The molecule has 0 saturated carbocycles. The van der Waals surface area contributed by atoms with Gasteiger partial charge in [-0.1, -0.05) is 54.4 Å².